The summed E-state index contributed by atoms with van der Waals surface area (Å²) in [4.78, 5) is 29.8. The van der Waals surface area contributed by atoms with Crippen molar-refractivity contribution in [1.29, 1.82) is 5.26 Å². The summed E-state index contributed by atoms with van der Waals surface area (Å²) < 4.78 is 7.67. The molecule has 182 valence electrons. The number of carbonyl (C=O) groups is 1. The van der Waals surface area contributed by atoms with Crippen molar-refractivity contribution in [2.75, 3.05) is 39.4 Å². The minimum Gasteiger partial charge on any atom is -0.379 e. The molecule has 1 aliphatic heterocycles. The fraction of sp³-hybridized carbons (Fsp3) is 0.346. The van der Waals surface area contributed by atoms with Gasteiger partial charge in [0.1, 0.15) is 10.7 Å². The average molecular weight is 509 g/mol. The van der Waals surface area contributed by atoms with Crippen molar-refractivity contribution in [3.05, 3.63) is 71.3 Å². The Morgan fingerprint density at radius 1 is 1.23 bits per heavy atom. The molecule has 3 heterocycles. The maximum Gasteiger partial charge on any atom is 0.273 e. The van der Waals surface area contributed by atoms with E-state index in [9.17, 15) is 14.9 Å². The van der Waals surface area contributed by atoms with Gasteiger partial charge < -0.3 is 10.1 Å². The number of thiophene rings is 1. The van der Waals surface area contributed by atoms with E-state index in [1.807, 2.05) is 48.7 Å². The SMILES string of the molecule is CCc1ccc(-n2c(=C(C#N)C(=O)NCCN3CCOCC3)sc(=Cc3sccc3C)c2=O)cc1. The smallest absolute Gasteiger partial charge is 0.273 e. The fourth-order valence-corrected chi connectivity index (χ4v) is 5.87. The van der Waals surface area contributed by atoms with Crippen LogP contribution in [0.1, 0.15) is 22.9 Å². The van der Waals surface area contributed by atoms with Crippen molar-refractivity contribution < 1.29 is 9.53 Å². The monoisotopic (exact) mass is 508 g/mol. The number of morpholine rings is 1. The minimum absolute atomic E-state index is 0.0591. The third kappa shape index (κ3) is 5.80. The van der Waals surface area contributed by atoms with Gasteiger partial charge in [-0.2, -0.15) is 5.26 Å². The van der Waals surface area contributed by atoms with E-state index >= 15 is 0 Å². The maximum absolute atomic E-state index is 13.5. The van der Waals surface area contributed by atoms with Crippen molar-refractivity contribution >= 4 is 40.2 Å². The lowest BCUT2D eigenvalue weighted by atomic mass is 10.1. The van der Waals surface area contributed by atoms with Gasteiger partial charge in [0.2, 0.25) is 0 Å². The number of aryl methyl sites for hydroxylation is 2. The summed E-state index contributed by atoms with van der Waals surface area (Å²) in [5, 5.41) is 14.8. The lowest BCUT2D eigenvalue weighted by molar-refractivity contribution is -0.115. The van der Waals surface area contributed by atoms with Crippen molar-refractivity contribution in [3.8, 4) is 11.8 Å². The molecule has 9 heteroatoms. The maximum atomic E-state index is 13.5. The molecule has 1 amide bonds. The van der Waals surface area contributed by atoms with Gasteiger partial charge in [-0.05, 0) is 54.1 Å². The quantitative estimate of drug-likeness (QED) is 0.526. The van der Waals surface area contributed by atoms with E-state index in [0.29, 0.717) is 41.2 Å². The van der Waals surface area contributed by atoms with Crippen molar-refractivity contribution in [3.63, 3.8) is 0 Å². The Labute approximate surface area is 212 Å². The number of rotatable bonds is 7. The zero-order valence-electron chi connectivity index (χ0n) is 19.9. The molecule has 1 aromatic carbocycles. The Balaban J connectivity index is 1.76. The third-order valence-corrected chi connectivity index (χ3v) is 8.02. The standard InChI is InChI=1S/C26H28N4O3S2/c1-3-19-4-6-20(7-5-19)30-25(32)23(16-22-18(2)8-15-34-22)35-26(30)21(17-27)24(31)28-9-10-29-11-13-33-14-12-29/h4-8,15-16H,3,9-14H2,1-2H3,(H,28,31). The molecule has 2 aromatic heterocycles. The van der Waals surface area contributed by atoms with E-state index in [2.05, 4.69) is 23.2 Å². The summed E-state index contributed by atoms with van der Waals surface area (Å²) in [6.45, 7) is 8.17. The van der Waals surface area contributed by atoms with Crippen LogP contribution in [0.3, 0.4) is 0 Å². The second-order valence-electron chi connectivity index (χ2n) is 8.24. The van der Waals surface area contributed by atoms with Gasteiger partial charge in [-0.25, -0.2) is 0 Å². The predicted molar refractivity (Wildman–Crippen MR) is 140 cm³/mol. The number of nitriles is 1. The Bertz CT molecular complexity index is 1400. The van der Waals surface area contributed by atoms with Crippen molar-refractivity contribution in [1.82, 2.24) is 14.8 Å². The molecule has 0 unspecified atom stereocenters. The molecule has 0 atom stereocenters. The first-order valence-corrected chi connectivity index (χ1v) is 13.3. The Morgan fingerprint density at radius 2 is 1.97 bits per heavy atom. The normalized spacial score (nSPS) is 15.6. The number of amides is 1. The van der Waals surface area contributed by atoms with E-state index in [1.165, 1.54) is 15.9 Å². The van der Waals surface area contributed by atoms with Crippen LogP contribution < -0.4 is 20.1 Å². The highest BCUT2D eigenvalue weighted by Gasteiger charge is 2.18. The van der Waals surface area contributed by atoms with Crippen LogP contribution in [0.2, 0.25) is 0 Å². The number of nitrogens with zero attached hydrogens (tertiary/aromatic N) is 3. The number of ether oxygens (including phenoxy) is 1. The van der Waals surface area contributed by atoms with Crippen LogP contribution in [0.25, 0.3) is 17.3 Å². The highest BCUT2D eigenvalue weighted by Crippen LogP contribution is 2.16. The number of hydrogen-bond donors (Lipinski definition) is 1. The second-order valence-corrected chi connectivity index (χ2v) is 10.2. The highest BCUT2D eigenvalue weighted by atomic mass is 32.1. The van der Waals surface area contributed by atoms with Gasteiger partial charge in [0.15, 0.2) is 5.57 Å². The van der Waals surface area contributed by atoms with E-state index in [0.717, 1.165) is 35.5 Å². The lowest BCUT2D eigenvalue weighted by Crippen LogP contribution is -2.42. The summed E-state index contributed by atoms with van der Waals surface area (Å²) in [7, 11) is 0. The molecule has 1 saturated heterocycles. The molecule has 0 radical (unpaired) electrons. The minimum atomic E-state index is -0.472. The number of benzene rings is 1. The highest BCUT2D eigenvalue weighted by molar-refractivity contribution is 7.11. The summed E-state index contributed by atoms with van der Waals surface area (Å²) in [6, 6.07) is 11.7. The molecule has 0 saturated carbocycles. The largest absolute Gasteiger partial charge is 0.379 e. The Kier molecular flexibility index (Phi) is 8.31. The topological polar surface area (TPSA) is 87.4 Å². The van der Waals surface area contributed by atoms with E-state index in [1.54, 1.807) is 11.3 Å². The van der Waals surface area contributed by atoms with E-state index in [4.69, 9.17) is 4.74 Å². The summed E-state index contributed by atoms with van der Waals surface area (Å²) in [5.74, 6) is -0.472. The fourth-order valence-electron chi connectivity index (χ4n) is 3.85. The van der Waals surface area contributed by atoms with Crippen LogP contribution >= 0.6 is 22.7 Å². The molecule has 1 fully saturated rings. The van der Waals surface area contributed by atoms with E-state index < -0.39 is 5.91 Å². The molecule has 1 N–H and O–H groups in total. The van der Waals surface area contributed by atoms with Crippen LogP contribution in [-0.4, -0.2) is 54.8 Å². The number of hydrogen-bond acceptors (Lipinski definition) is 7. The first-order chi connectivity index (χ1) is 17.0. The predicted octanol–water partition coefficient (Wildman–Crippen LogP) is 1.78. The molecule has 4 rings (SSSR count). The van der Waals surface area contributed by atoms with E-state index in [-0.39, 0.29) is 11.1 Å². The van der Waals surface area contributed by atoms with Crippen LogP contribution in [0.4, 0.5) is 0 Å². The zero-order chi connectivity index (χ0) is 24.8. The van der Waals surface area contributed by atoms with Gasteiger partial charge in [-0.3, -0.25) is 19.1 Å². The molecular weight excluding hydrogens is 480 g/mol. The number of nitrogens with one attached hydrogen (secondary N) is 1. The first-order valence-electron chi connectivity index (χ1n) is 11.6. The molecular formula is C26H28N4O3S2. The van der Waals surface area contributed by atoms with Crippen molar-refractivity contribution in [2.24, 2.45) is 0 Å². The molecule has 1 aliphatic rings. The van der Waals surface area contributed by atoms with Gasteiger partial charge in [0, 0.05) is 31.1 Å². The summed E-state index contributed by atoms with van der Waals surface area (Å²) in [5.41, 5.74) is 2.56. The van der Waals surface area contributed by atoms with Crippen LogP contribution in [-0.2, 0) is 16.0 Å². The van der Waals surface area contributed by atoms with Gasteiger partial charge in [-0.1, -0.05) is 19.1 Å². The van der Waals surface area contributed by atoms with Crippen molar-refractivity contribution in [2.45, 2.75) is 20.3 Å². The van der Waals surface area contributed by atoms with Gasteiger partial charge in [0.05, 0.1) is 23.4 Å². The molecule has 0 spiro atoms. The Morgan fingerprint density at radius 3 is 2.60 bits per heavy atom. The zero-order valence-corrected chi connectivity index (χ0v) is 21.5. The van der Waals surface area contributed by atoms with Gasteiger partial charge >= 0.3 is 0 Å². The third-order valence-electron chi connectivity index (χ3n) is 5.96. The molecule has 35 heavy (non-hydrogen) atoms. The second kappa shape index (κ2) is 11.6. The van der Waals surface area contributed by atoms with Gasteiger partial charge in [0.25, 0.3) is 11.5 Å². The molecule has 0 aliphatic carbocycles. The summed E-state index contributed by atoms with van der Waals surface area (Å²) >= 11 is 2.73. The van der Waals surface area contributed by atoms with Gasteiger partial charge in [-0.15, -0.1) is 22.7 Å². The summed E-state index contributed by atoms with van der Waals surface area (Å²) in [6.07, 6.45) is 2.72. The van der Waals surface area contributed by atoms with Crippen LogP contribution in [0.15, 0.2) is 40.5 Å². The first kappa shape index (κ1) is 25.1. The molecule has 3 aromatic rings. The van der Waals surface area contributed by atoms with Crippen LogP contribution in [0.5, 0.6) is 0 Å². The van der Waals surface area contributed by atoms with Crippen LogP contribution in [0, 0.1) is 18.3 Å². The number of aromatic nitrogens is 1. The molecule has 0 bridgehead atoms. The molecule has 7 nitrogen and oxygen atoms in total. The average Bonchev–Trinajstić information content (AvgIpc) is 3.43. The number of carbonyl (C=O) groups excluding carboxylic acids is 1. The Hall–Kier alpha value is -3.03. The lowest BCUT2D eigenvalue weighted by Gasteiger charge is -2.26. The number of thiazole rings is 1.